The Balaban J connectivity index is 1.02. The van der Waals surface area contributed by atoms with Gasteiger partial charge in [0.15, 0.2) is 17.3 Å². The largest absolute Gasteiger partial charge is 0.454 e. The van der Waals surface area contributed by atoms with E-state index in [1.807, 2.05) is 53.4 Å². The molecule has 41 heavy (non-hydrogen) atoms. The maximum absolute atomic E-state index is 13.1. The van der Waals surface area contributed by atoms with Crippen molar-refractivity contribution in [3.8, 4) is 33.9 Å². The van der Waals surface area contributed by atoms with E-state index in [2.05, 4.69) is 51.5 Å². The molecule has 2 aliphatic rings. The summed E-state index contributed by atoms with van der Waals surface area (Å²) in [6, 6.07) is 28.1. The first-order valence-electron chi connectivity index (χ1n) is 13.7. The van der Waals surface area contributed by atoms with Crippen LogP contribution in [-0.2, 0) is 16.1 Å². The van der Waals surface area contributed by atoms with Gasteiger partial charge in [-0.1, -0.05) is 60.7 Å². The fourth-order valence-corrected chi connectivity index (χ4v) is 5.10. The summed E-state index contributed by atoms with van der Waals surface area (Å²) >= 11 is 0. The molecule has 1 saturated heterocycles. The predicted molar refractivity (Wildman–Crippen MR) is 155 cm³/mol. The van der Waals surface area contributed by atoms with Gasteiger partial charge in [0.25, 0.3) is 0 Å². The predicted octanol–water partition coefficient (Wildman–Crippen LogP) is 4.24. The average Bonchev–Trinajstić information content (AvgIpc) is 3.49. The van der Waals surface area contributed by atoms with E-state index in [1.165, 1.54) is 12.5 Å². The van der Waals surface area contributed by atoms with Gasteiger partial charge in [-0.15, -0.1) is 10.2 Å². The van der Waals surface area contributed by atoms with Crippen LogP contribution < -0.4 is 14.4 Å². The molecule has 0 atom stereocenters. The van der Waals surface area contributed by atoms with Crippen molar-refractivity contribution in [3.63, 3.8) is 0 Å². The lowest BCUT2D eigenvalue weighted by Crippen LogP contribution is -2.51. The minimum atomic E-state index is -0.153. The van der Waals surface area contributed by atoms with Crippen LogP contribution in [0.5, 0.6) is 11.5 Å². The molecule has 0 aliphatic carbocycles. The topological polar surface area (TPSA) is 88.1 Å². The fraction of sp³-hybridized carbons (Fsp3) is 0.250. The second-order valence-electron chi connectivity index (χ2n) is 10.2. The van der Waals surface area contributed by atoms with E-state index in [0.29, 0.717) is 44.2 Å². The molecule has 0 unspecified atom stereocenters. The molecule has 2 amide bonds. The molecular weight excluding hydrogens is 518 g/mol. The van der Waals surface area contributed by atoms with Gasteiger partial charge < -0.3 is 24.2 Å². The zero-order valence-corrected chi connectivity index (χ0v) is 22.9. The van der Waals surface area contributed by atoms with Crippen molar-refractivity contribution < 1.29 is 19.1 Å². The summed E-state index contributed by atoms with van der Waals surface area (Å²) in [6.45, 7) is 4.44. The number of anilines is 1. The Bertz CT molecular complexity index is 1520. The van der Waals surface area contributed by atoms with Gasteiger partial charge in [-0.25, -0.2) is 0 Å². The third kappa shape index (κ3) is 5.99. The van der Waals surface area contributed by atoms with E-state index in [1.54, 1.807) is 4.90 Å². The van der Waals surface area contributed by atoms with E-state index in [4.69, 9.17) is 9.47 Å². The number of hydrogen-bond acceptors (Lipinski definition) is 7. The van der Waals surface area contributed by atoms with E-state index >= 15 is 0 Å². The lowest BCUT2D eigenvalue weighted by molar-refractivity contribution is -0.140. The Morgan fingerprint density at radius 2 is 1.49 bits per heavy atom. The number of amides is 2. The molecule has 0 spiro atoms. The van der Waals surface area contributed by atoms with Gasteiger partial charge in [-0.2, -0.15) is 0 Å². The van der Waals surface area contributed by atoms with Gasteiger partial charge in [-0.3, -0.25) is 9.59 Å². The van der Waals surface area contributed by atoms with Gasteiger partial charge >= 0.3 is 0 Å². The number of ether oxygens (including phenoxy) is 2. The first kappa shape index (κ1) is 26.3. The summed E-state index contributed by atoms with van der Waals surface area (Å²) in [5.74, 6) is 1.91. The number of rotatable bonds is 7. The molecule has 3 aromatic carbocycles. The van der Waals surface area contributed by atoms with E-state index < -0.39 is 0 Å². The summed E-state index contributed by atoms with van der Waals surface area (Å²) in [5.41, 5.74) is 5.04. The van der Waals surface area contributed by atoms with E-state index in [-0.39, 0.29) is 25.2 Å². The SMILES string of the molecule is CC(=O)N(CC(=O)N1CCN(c2ccc(-c3ccc(-c4ccccc4)cc3)nn2)CC1)Cc1ccc2c(c1)OCO2. The summed E-state index contributed by atoms with van der Waals surface area (Å²) in [6.07, 6.45) is 0. The number of hydrogen-bond donors (Lipinski definition) is 0. The van der Waals surface area contributed by atoms with Crippen LogP contribution in [0.3, 0.4) is 0 Å². The van der Waals surface area contributed by atoms with E-state index in [0.717, 1.165) is 28.2 Å². The number of piperazine rings is 1. The zero-order valence-electron chi connectivity index (χ0n) is 22.9. The van der Waals surface area contributed by atoms with Crippen LogP contribution in [0.4, 0.5) is 5.82 Å². The van der Waals surface area contributed by atoms with Crippen molar-refractivity contribution >= 4 is 17.6 Å². The fourth-order valence-electron chi connectivity index (χ4n) is 5.10. The number of aromatic nitrogens is 2. The normalized spacial score (nSPS) is 14.2. The first-order chi connectivity index (χ1) is 20.0. The van der Waals surface area contributed by atoms with Crippen molar-refractivity contribution in [2.75, 3.05) is 44.4 Å². The quantitative estimate of drug-likeness (QED) is 0.341. The van der Waals surface area contributed by atoms with Crippen LogP contribution in [0.15, 0.2) is 84.9 Å². The zero-order chi connectivity index (χ0) is 28.2. The van der Waals surface area contributed by atoms with Crippen molar-refractivity contribution in [1.29, 1.82) is 0 Å². The molecule has 9 heteroatoms. The van der Waals surface area contributed by atoms with Crippen LogP contribution >= 0.6 is 0 Å². The molecule has 0 N–H and O–H groups in total. The molecule has 3 heterocycles. The monoisotopic (exact) mass is 549 g/mol. The third-order valence-corrected chi connectivity index (χ3v) is 7.48. The Morgan fingerprint density at radius 3 is 2.20 bits per heavy atom. The van der Waals surface area contributed by atoms with Crippen LogP contribution in [0.1, 0.15) is 12.5 Å². The highest BCUT2D eigenvalue weighted by Gasteiger charge is 2.25. The van der Waals surface area contributed by atoms with Crippen LogP contribution in [0.25, 0.3) is 22.4 Å². The summed E-state index contributed by atoms with van der Waals surface area (Å²) in [7, 11) is 0. The smallest absolute Gasteiger partial charge is 0.242 e. The highest BCUT2D eigenvalue weighted by atomic mass is 16.7. The van der Waals surface area contributed by atoms with E-state index in [9.17, 15) is 9.59 Å². The Morgan fingerprint density at radius 1 is 0.780 bits per heavy atom. The molecule has 208 valence electrons. The second kappa shape index (κ2) is 11.7. The molecule has 0 bridgehead atoms. The van der Waals surface area contributed by atoms with Gasteiger partial charge in [0, 0.05) is 45.2 Å². The number of fused-ring (bicyclic) bond motifs is 1. The van der Waals surface area contributed by atoms with Crippen LogP contribution in [0.2, 0.25) is 0 Å². The molecule has 6 rings (SSSR count). The molecule has 1 aromatic heterocycles. The van der Waals surface area contributed by atoms with Gasteiger partial charge in [0.05, 0.1) is 5.69 Å². The van der Waals surface area contributed by atoms with Crippen LogP contribution in [-0.4, -0.2) is 71.3 Å². The minimum Gasteiger partial charge on any atom is -0.454 e. The van der Waals surface area contributed by atoms with Crippen LogP contribution in [0, 0.1) is 0 Å². The number of carbonyl (C=O) groups excluding carboxylic acids is 2. The molecule has 0 saturated carbocycles. The standard InChI is InChI=1S/C32H31N5O4/c1-23(38)37(20-24-7-13-29-30(19-24)41-22-40-29)21-32(39)36-17-15-35(16-18-36)31-14-12-28(33-34-31)27-10-8-26(9-11-27)25-5-3-2-4-6-25/h2-14,19H,15-18,20-22H2,1H3. The Hall–Kier alpha value is -4.92. The Labute approximate surface area is 238 Å². The highest BCUT2D eigenvalue weighted by Crippen LogP contribution is 2.33. The number of benzene rings is 3. The molecule has 1 fully saturated rings. The summed E-state index contributed by atoms with van der Waals surface area (Å²) < 4.78 is 10.8. The third-order valence-electron chi connectivity index (χ3n) is 7.48. The number of nitrogens with zero attached hydrogens (tertiary/aromatic N) is 5. The average molecular weight is 550 g/mol. The molecular formula is C32H31N5O4. The highest BCUT2D eigenvalue weighted by molar-refractivity contribution is 5.84. The van der Waals surface area contributed by atoms with Crippen molar-refractivity contribution in [3.05, 3.63) is 90.5 Å². The maximum atomic E-state index is 13.1. The first-order valence-corrected chi connectivity index (χ1v) is 13.7. The second-order valence-corrected chi connectivity index (χ2v) is 10.2. The minimum absolute atomic E-state index is 0.0291. The maximum Gasteiger partial charge on any atom is 0.242 e. The lowest BCUT2D eigenvalue weighted by atomic mass is 10.0. The number of carbonyl (C=O) groups is 2. The van der Waals surface area contributed by atoms with Crippen molar-refractivity contribution in [2.45, 2.75) is 13.5 Å². The van der Waals surface area contributed by atoms with Crippen molar-refractivity contribution in [1.82, 2.24) is 20.0 Å². The lowest BCUT2D eigenvalue weighted by Gasteiger charge is -2.36. The van der Waals surface area contributed by atoms with Gasteiger partial charge in [0.2, 0.25) is 18.6 Å². The summed E-state index contributed by atoms with van der Waals surface area (Å²) in [4.78, 5) is 30.9. The van der Waals surface area contributed by atoms with Crippen molar-refractivity contribution in [2.24, 2.45) is 0 Å². The summed E-state index contributed by atoms with van der Waals surface area (Å²) in [5, 5.41) is 8.94. The molecule has 9 nitrogen and oxygen atoms in total. The van der Waals surface area contributed by atoms with Gasteiger partial charge in [0.1, 0.15) is 6.54 Å². The molecule has 0 radical (unpaired) electrons. The molecule has 4 aromatic rings. The van der Waals surface area contributed by atoms with Gasteiger partial charge in [-0.05, 0) is 41.0 Å². The molecule has 2 aliphatic heterocycles. The Kier molecular flexibility index (Phi) is 7.49.